The fourth-order valence-corrected chi connectivity index (χ4v) is 20.5. The molecule has 0 spiro atoms. The van der Waals surface area contributed by atoms with Gasteiger partial charge in [-0.15, -0.1) is 0 Å². The lowest BCUT2D eigenvalue weighted by Gasteiger charge is -2.22. The van der Waals surface area contributed by atoms with Crippen molar-refractivity contribution < 1.29 is 0 Å². The van der Waals surface area contributed by atoms with Gasteiger partial charge in [0.1, 0.15) is 0 Å². The lowest BCUT2D eigenvalue weighted by Crippen LogP contribution is -1.95. The highest BCUT2D eigenvalue weighted by Crippen LogP contribution is 2.52. The quantitative estimate of drug-likeness (QED) is 0.133. The molecule has 26 aromatic rings. The lowest BCUT2D eigenvalue weighted by atomic mass is 9.81. The first-order valence-electron chi connectivity index (χ1n) is 43.1. The molecule has 0 bridgehead atoms. The summed E-state index contributed by atoms with van der Waals surface area (Å²) in [5.41, 5.74) is 20.2. The van der Waals surface area contributed by atoms with Crippen LogP contribution in [0, 0.1) is 0 Å². The molecule has 0 saturated heterocycles. The van der Waals surface area contributed by atoms with Gasteiger partial charge in [0.15, 0.2) is 0 Å². The average molecular weight is 1570 g/mol. The largest absolute Gasteiger partial charge is 0.0616 e. The van der Waals surface area contributed by atoms with Gasteiger partial charge in [-0.3, -0.25) is 0 Å². The number of hydrogen-bond acceptors (Lipinski definition) is 0. The summed E-state index contributed by atoms with van der Waals surface area (Å²) in [4.78, 5) is 0. The predicted octanol–water partition coefficient (Wildman–Crippen LogP) is 35.1. The zero-order valence-corrected chi connectivity index (χ0v) is 68.0. The molecule has 26 aromatic carbocycles. The van der Waals surface area contributed by atoms with E-state index < -0.39 is 0 Å². The highest BCUT2D eigenvalue weighted by Gasteiger charge is 2.25. The molecule has 0 fully saturated rings. The topological polar surface area (TPSA) is 0 Å². The number of fused-ring (bicyclic) bond motifs is 14. The summed E-state index contributed by atoms with van der Waals surface area (Å²) in [6.07, 6.45) is 0. The van der Waals surface area contributed by atoms with Gasteiger partial charge >= 0.3 is 0 Å². The predicted molar refractivity (Wildman–Crippen MR) is 537 cm³/mol. The van der Waals surface area contributed by atoms with E-state index in [0.29, 0.717) is 0 Å². The van der Waals surface area contributed by atoms with E-state index in [1.807, 2.05) is 0 Å². The molecule has 0 aliphatic rings. The molecule has 574 valence electrons. The van der Waals surface area contributed by atoms with E-state index in [-0.39, 0.29) is 0 Å². The molecule has 0 heteroatoms. The fraction of sp³-hybridized carbons (Fsp3) is 0. The molecule has 0 saturated carbocycles. The zero-order valence-electron chi connectivity index (χ0n) is 68.0. The lowest BCUT2D eigenvalue weighted by molar-refractivity contribution is 1.65. The van der Waals surface area contributed by atoms with Gasteiger partial charge in [0.2, 0.25) is 0 Å². The van der Waals surface area contributed by atoms with Gasteiger partial charge in [0.25, 0.3) is 0 Å². The third kappa shape index (κ3) is 12.2. The summed E-state index contributed by atoms with van der Waals surface area (Å²) in [7, 11) is 0. The van der Waals surface area contributed by atoms with Crippen molar-refractivity contribution in [3.63, 3.8) is 0 Å². The minimum absolute atomic E-state index is 1.23. The summed E-state index contributed by atoms with van der Waals surface area (Å²) < 4.78 is 0. The van der Waals surface area contributed by atoms with Gasteiger partial charge in [-0.2, -0.15) is 0 Å². The van der Waals surface area contributed by atoms with Crippen molar-refractivity contribution in [3.05, 3.63) is 473 Å². The van der Waals surface area contributed by atoms with Crippen molar-refractivity contribution in [1.29, 1.82) is 0 Å². The molecule has 0 radical (unpaired) electrons. The summed E-state index contributed by atoms with van der Waals surface area (Å²) in [6, 6.07) is 174. The molecule has 0 aliphatic carbocycles. The van der Waals surface area contributed by atoms with Gasteiger partial charge in [-0.25, -0.2) is 0 Å². The molecule has 26 rings (SSSR count). The van der Waals surface area contributed by atoms with Crippen molar-refractivity contribution in [3.8, 4) is 89.0 Å². The molecule has 0 unspecified atom stereocenters. The third-order valence-electron chi connectivity index (χ3n) is 26.3. The van der Waals surface area contributed by atoms with Gasteiger partial charge in [-0.1, -0.05) is 431 Å². The number of benzene rings is 26. The Kier molecular flexibility index (Phi) is 17.4. The van der Waals surface area contributed by atoms with Crippen LogP contribution in [0.5, 0.6) is 0 Å². The number of hydrogen-bond donors (Lipinski definition) is 0. The summed E-state index contributed by atoms with van der Waals surface area (Å²) in [5, 5.41) is 38.4. The first-order chi connectivity index (χ1) is 61.5. The molecule has 0 aromatic heterocycles. The van der Waals surface area contributed by atoms with Gasteiger partial charge < -0.3 is 0 Å². The molecular formula is C124H78. The Hall–Kier alpha value is -16.1. The minimum atomic E-state index is 1.23. The zero-order chi connectivity index (χ0) is 81.7. The molecular weight excluding hydrogens is 1490 g/mol. The van der Waals surface area contributed by atoms with Crippen LogP contribution in [0.4, 0.5) is 0 Å². The molecule has 0 aliphatic heterocycles. The Balaban J connectivity index is 0.000000110. The van der Waals surface area contributed by atoms with Gasteiger partial charge in [0, 0.05) is 0 Å². The van der Waals surface area contributed by atoms with Crippen molar-refractivity contribution in [1.82, 2.24) is 0 Å². The first kappa shape index (κ1) is 71.9. The highest BCUT2D eigenvalue weighted by atomic mass is 14.3. The molecule has 0 heterocycles. The van der Waals surface area contributed by atoms with Crippen LogP contribution in [0.1, 0.15) is 0 Å². The Morgan fingerprint density at radius 1 is 0.0806 bits per heavy atom. The first-order valence-corrected chi connectivity index (χ1v) is 43.1. The second-order valence-corrected chi connectivity index (χ2v) is 33.1. The van der Waals surface area contributed by atoms with Crippen molar-refractivity contribution in [2.45, 2.75) is 0 Å². The Labute approximate surface area is 718 Å². The van der Waals surface area contributed by atoms with Crippen molar-refractivity contribution in [2.24, 2.45) is 0 Å². The van der Waals surface area contributed by atoms with E-state index in [1.54, 1.807) is 0 Å². The average Bonchev–Trinajstić information content (AvgIpc) is 0.701. The maximum Gasteiger partial charge on any atom is -0.00139 e. The van der Waals surface area contributed by atoms with Crippen molar-refractivity contribution in [2.75, 3.05) is 0 Å². The summed E-state index contributed by atoms with van der Waals surface area (Å²) >= 11 is 0. The van der Waals surface area contributed by atoms with E-state index >= 15 is 0 Å². The van der Waals surface area contributed by atoms with Crippen LogP contribution in [0.2, 0.25) is 0 Å². The van der Waals surface area contributed by atoms with Gasteiger partial charge in [0.05, 0.1) is 0 Å². The second-order valence-electron chi connectivity index (χ2n) is 33.1. The van der Waals surface area contributed by atoms with Crippen LogP contribution in [0.15, 0.2) is 473 Å². The summed E-state index contributed by atoms with van der Waals surface area (Å²) in [5.74, 6) is 0. The molecule has 124 heavy (non-hydrogen) atoms. The minimum Gasteiger partial charge on any atom is -0.0616 e. The third-order valence-corrected chi connectivity index (χ3v) is 26.3. The standard InChI is InChI=1S/C56H34.2C34H22/c1-3-15-39-31-41(25-23-35(39)11-1)51-33-53(45-21-9-17-37-13-5-7-19-43(37)45)49-30-28-48-52(42-26-24-36-12-2-4-16-40(36)32-42)34-54(50-29-27-47(51)55(49)56(48)50)46-22-10-18-38-14-6-8-20-44(38)46;1-3-13-25-23(10-1)12-9-19-28(25)32-20-21-33(30-17-7-6-16-29(30)32)34-22-24-11-2-4-14-26(24)27-15-5-8-18-31(27)34;1-2-10-24-21-26(18-17-23(24)9-1)28-19-20-33(31-15-7-5-14-30(28)31)34-22-25-11-3-4-12-27(25)29-13-6-8-16-32(29)34/h1-34H;2*1-22H. The van der Waals surface area contributed by atoms with Crippen LogP contribution in [0.3, 0.4) is 0 Å². The molecule has 0 amide bonds. The van der Waals surface area contributed by atoms with Crippen LogP contribution < -0.4 is 0 Å². The fourth-order valence-electron chi connectivity index (χ4n) is 20.5. The molecule has 0 atom stereocenters. The maximum atomic E-state index is 2.46. The second kappa shape index (κ2) is 30.0. The SMILES string of the molecule is c1ccc2c(-c3ccc(-c4cc5ccccc5c5ccccc45)c4ccccc34)cccc2c1.c1ccc2cc(-c3cc(-c4cccc5ccccc45)c4ccc5c(-c6ccc7ccccc7c6)cc(-c6cccc7ccccc67)c6ccc3c4c56)ccc2c1.c1ccc2cc(-c3ccc(-c4cc5ccccc5c5ccccc45)c4ccccc34)ccc2c1. The van der Waals surface area contributed by atoms with E-state index in [4.69, 9.17) is 0 Å². The monoisotopic (exact) mass is 1570 g/mol. The summed E-state index contributed by atoms with van der Waals surface area (Å²) in [6.45, 7) is 0. The van der Waals surface area contributed by atoms with Crippen LogP contribution in [-0.2, 0) is 0 Å². The van der Waals surface area contributed by atoms with E-state index in [2.05, 4.69) is 473 Å². The van der Waals surface area contributed by atoms with Gasteiger partial charge in [-0.05, 0) is 293 Å². The van der Waals surface area contributed by atoms with Crippen LogP contribution >= 0.6 is 0 Å². The Morgan fingerprint density at radius 2 is 0.298 bits per heavy atom. The van der Waals surface area contributed by atoms with E-state index in [0.717, 1.165) is 0 Å². The smallest absolute Gasteiger partial charge is 0.00139 e. The normalized spacial score (nSPS) is 11.7. The molecule has 0 nitrogen and oxygen atoms in total. The molecule has 0 N–H and O–H groups in total. The Morgan fingerprint density at radius 3 is 0.653 bits per heavy atom. The maximum absolute atomic E-state index is 2.46. The highest BCUT2D eigenvalue weighted by molar-refractivity contribution is 6.33. The van der Waals surface area contributed by atoms with E-state index in [9.17, 15) is 0 Å². The van der Waals surface area contributed by atoms with Crippen LogP contribution in [0.25, 0.3) is 251 Å². The van der Waals surface area contributed by atoms with Crippen molar-refractivity contribution >= 4 is 162 Å². The van der Waals surface area contributed by atoms with E-state index in [1.165, 1.54) is 251 Å². The Bertz CT molecular complexity index is 8560. The van der Waals surface area contributed by atoms with Crippen LogP contribution in [-0.4, -0.2) is 0 Å². The number of rotatable bonds is 8.